The fourth-order valence-electron chi connectivity index (χ4n) is 2.30. The lowest BCUT2D eigenvalue weighted by Crippen LogP contribution is -2.22. The minimum absolute atomic E-state index is 0.0270. The molecule has 1 amide bonds. The Morgan fingerprint density at radius 2 is 2.05 bits per heavy atom. The van der Waals surface area contributed by atoms with Gasteiger partial charge in [-0.15, -0.1) is 0 Å². The van der Waals surface area contributed by atoms with Gasteiger partial charge in [0.2, 0.25) is 5.95 Å². The Bertz CT molecular complexity index is 662. The maximum atomic E-state index is 12.3. The zero-order chi connectivity index (χ0) is 13.6. The standard InChI is InChI=1S/C14H16N4O/c1-18(2)13(19)9-4-3-5-10-11(9)12(8-6-7-8)17-14(15)16-10/h3-5,8H,6-7H2,1-2H3,(H2,15,16,17). The van der Waals surface area contributed by atoms with Crippen molar-refractivity contribution in [3.8, 4) is 0 Å². The average Bonchev–Trinajstić information content (AvgIpc) is 3.20. The number of hydrogen-bond acceptors (Lipinski definition) is 4. The first-order valence-electron chi connectivity index (χ1n) is 6.35. The number of carbonyl (C=O) groups is 1. The Hall–Kier alpha value is -2.17. The van der Waals surface area contributed by atoms with Gasteiger partial charge in [0, 0.05) is 25.4 Å². The van der Waals surface area contributed by atoms with E-state index in [0.29, 0.717) is 11.5 Å². The largest absolute Gasteiger partial charge is 0.368 e. The predicted molar refractivity (Wildman–Crippen MR) is 73.9 cm³/mol. The topological polar surface area (TPSA) is 72.1 Å². The zero-order valence-corrected chi connectivity index (χ0v) is 11.1. The summed E-state index contributed by atoms with van der Waals surface area (Å²) in [5, 5.41) is 0.859. The number of hydrogen-bond donors (Lipinski definition) is 1. The van der Waals surface area contributed by atoms with Gasteiger partial charge >= 0.3 is 0 Å². The first-order chi connectivity index (χ1) is 9.08. The van der Waals surface area contributed by atoms with Gasteiger partial charge in [0.1, 0.15) is 0 Å². The maximum Gasteiger partial charge on any atom is 0.254 e. The molecule has 3 rings (SSSR count). The Morgan fingerprint density at radius 1 is 1.32 bits per heavy atom. The second-order valence-electron chi connectivity index (χ2n) is 5.14. The molecule has 1 heterocycles. The van der Waals surface area contributed by atoms with Crippen molar-refractivity contribution in [3.63, 3.8) is 0 Å². The zero-order valence-electron chi connectivity index (χ0n) is 11.1. The van der Waals surface area contributed by atoms with Crippen LogP contribution in [0.1, 0.15) is 34.8 Å². The minimum atomic E-state index is -0.0270. The average molecular weight is 256 g/mol. The van der Waals surface area contributed by atoms with E-state index in [1.807, 2.05) is 18.2 Å². The third kappa shape index (κ3) is 2.01. The van der Waals surface area contributed by atoms with Crippen molar-refractivity contribution in [2.45, 2.75) is 18.8 Å². The van der Waals surface area contributed by atoms with Crippen LogP contribution in [0.3, 0.4) is 0 Å². The summed E-state index contributed by atoms with van der Waals surface area (Å²) in [6, 6.07) is 5.55. The van der Waals surface area contributed by atoms with Crippen LogP contribution in [-0.4, -0.2) is 34.9 Å². The van der Waals surface area contributed by atoms with Crippen LogP contribution in [-0.2, 0) is 0 Å². The first-order valence-corrected chi connectivity index (χ1v) is 6.35. The van der Waals surface area contributed by atoms with Gasteiger partial charge in [-0.25, -0.2) is 9.97 Å². The van der Waals surface area contributed by atoms with Crippen LogP contribution in [0.2, 0.25) is 0 Å². The summed E-state index contributed by atoms with van der Waals surface area (Å²) >= 11 is 0. The van der Waals surface area contributed by atoms with Crippen molar-refractivity contribution in [1.29, 1.82) is 0 Å². The van der Waals surface area contributed by atoms with Crippen LogP contribution in [0, 0.1) is 0 Å². The molecule has 0 bridgehead atoms. The molecule has 5 nitrogen and oxygen atoms in total. The molecular formula is C14H16N4O. The molecule has 5 heteroatoms. The number of nitrogens with two attached hydrogens (primary N) is 1. The van der Waals surface area contributed by atoms with E-state index in [2.05, 4.69) is 9.97 Å². The lowest BCUT2D eigenvalue weighted by Gasteiger charge is -2.14. The van der Waals surface area contributed by atoms with E-state index in [4.69, 9.17) is 5.73 Å². The molecule has 0 saturated heterocycles. The smallest absolute Gasteiger partial charge is 0.254 e. The summed E-state index contributed by atoms with van der Waals surface area (Å²) in [7, 11) is 3.49. The van der Waals surface area contributed by atoms with Gasteiger partial charge in [-0.1, -0.05) is 6.07 Å². The molecule has 1 saturated carbocycles. The number of aromatic nitrogens is 2. The number of nitrogens with zero attached hydrogens (tertiary/aromatic N) is 3. The number of amides is 1. The molecule has 0 radical (unpaired) electrons. The second-order valence-corrected chi connectivity index (χ2v) is 5.14. The van der Waals surface area contributed by atoms with Gasteiger partial charge in [-0.2, -0.15) is 0 Å². The summed E-state index contributed by atoms with van der Waals surface area (Å²) in [4.78, 5) is 22.5. The first kappa shape index (κ1) is 11.9. The maximum absolute atomic E-state index is 12.3. The van der Waals surface area contributed by atoms with Crippen molar-refractivity contribution in [3.05, 3.63) is 29.5 Å². The van der Waals surface area contributed by atoms with Crippen LogP contribution >= 0.6 is 0 Å². The molecule has 0 spiro atoms. The summed E-state index contributed by atoms with van der Waals surface area (Å²) < 4.78 is 0. The van der Waals surface area contributed by atoms with Gasteiger partial charge in [0.25, 0.3) is 5.91 Å². The van der Waals surface area contributed by atoms with Gasteiger partial charge in [0.15, 0.2) is 0 Å². The number of rotatable bonds is 2. The molecule has 1 fully saturated rings. The quantitative estimate of drug-likeness (QED) is 0.889. The van der Waals surface area contributed by atoms with Gasteiger partial charge in [-0.05, 0) is 25.0 Å². The Labute approximate surface area is 111 Å². The molecule has 98 valence electrons. The van der Waals surface area contributed by atoms with E-state index in [9.17, 15) is 4.79 Å². The third-order valence-corrected chi connectivity index (χ3v) is 3.37. The number of benzene rings is 1. The normalized spacial score (nSPS) is 14.6. The molecule has 1 aromatic heterocycles. The lowest BCUT2D eigenvalue weighted by atomic mass is 10.0. The molecule has 0 aliphatic heterocycles. The number of anilines is 1. The van der Waals surface area contributed by atoms with Crippen LogP contribution in [0.25, 0.3) is 10.9 Å². The van der Waals surface area contributed by atoms with Crippen molar-refractivity contribution in [2.24, 2.45) is 0 Å². The Kier molecular flexibility index (Phi) is 2.62. The number of carbonyl (C=O) groups excluding carboxylic acids is 1. The van der Waals surface area contributed by atoms with Gasteiger partial charge in [-0.3, -0.25) is 4.79 Å². The molecule has 2 aromatic rings. The summed E-state index contributed by atoms with van der Waals surface area (Å²) in [5.41, 5.74) is 8.09. The molecule has 19 heavy (non-hydrogen) atoms. The van der Waals surface area contributed by atoms with E-state index in [-0.39, 0.29) is 11.9 Å². The minimum Gasteiger partial charge on any atom is -0.368 e. The second kappa shape index (κ2) is 4.19. The van der Waals surface area contributed by atoms with Crippen LogP contribution in [0.5, 0.6) is 0 Å². The third-order valence-electron chi connectivity index (χ3n) is 3.37. The number of nitrogen functional groups attached to an aromatic ring is 1. The van der Waals surface area contributed by atoms with E-state index in [1.165, 1.54) is 0 Å². The molecule has 0 unspecified atom stereocenters. The molecule has 1 aromatic carbocycles. The van der Waals surface area contributed by atoms with Gasteiger partial charge < -0.3 is 10.6 Å². The van der Waals surface area contributed by atoms with Crippen molar-refractivity contribution < 1.29 is 4.79 Å². The van der Waals surface area contributed by atoms with E-state index >= 15 is 0 Å². The highest BCUT2D eigenvalue weighted by Gasteiger charge is 2.29. The van der Waals surface area contributed by atoms with Crippen molar-refractivity contribution >= 4 is 22.8 Å². The molecular weight excluding hydrogens is 240 g/mol. The molecule has 1 aliphatic rings. The van der Waals surface area contributed by atoms with E-state index in [0.717, 1.165) is 29.4 Å². The Balaban J connectivity index is 2.30. The summed E-state index contributed by atoms with van der Waals surface area (Å²) in [5.74, 6) is 0.675. The molecule has 2 N–H and O–H groups in total. The lowest BCUT2D eigenvalue weighted by molar-refractivity contribution is 0.0829. The highest BCUT2D eigenvalue weighted by Crippen LogP contribution is 2.42. The highest BCUT2D eigenvalue weighted by molar-refractivity contribution is 6.07. The summed E-state index contributed by atoms with van der Waals surface area (Å²) in [6.07, 6.45) is 2.21. The monoisotopic (exact) mass is 256 g/mol. The van der Waals surface area contributed by atoms with Crippen molar-refractivity contribution in [1.82, 2.24) is 14.9 Å². The molecule has 1 aliphatic carbocycles. The highest BCUT2D eigenvalue weighted by atomic mass is 16.2. The number of fused-ring (bicyclic) bond motifs is 1. The van der Waals surface area contributed by atoms with Crippen LogP contribution < -0.4 is 5.73 Å². The van der Waals surface area contributed by atoms with Crippen LogP contribution in [0.15, 0.2) is 18.2 Å². The van der Waals surface area contributed by atoms with Gasteiger partial charge in [0.05, 0.1) is 16.8 Å². The fraction of sp³-hybridized carbons (Fsp3) is 0.357. The van der Waals surface area contributed by atoms with E-state index < -0.39 is 0 Å². The fourth-order valence-corrected chi connectivity index (χ4v) is 2.30. The van der Waals surface area contributed by atoms with Crippen LogP contribution in [0.4, 0.5) is 5.95 Å². The molecule has 0 atom stereocenters. The van der Waals surface area contributed by atoms with E-state index in [1.54, 1.807) is 19.0 Å². The van der Waals surface area contributed by atoms with Crippen molar-refractivity contribution in [2.75, 3.05) is 19.8 Å². The Morgan fingerprint density at radius 3 is 2.68 bits per heavy atom. The SMILES string of the molecule is CN(C)C(=O)c1cccc2nc(N)nc(C3CC3)c12. The predicted octanol–water partition coefficient (Wildman–Crippen LogP) is 1.79. The summed E-state index contributed by atoms with van der Waals surface area (Å²) in [6.45, 7) is 0.